The van der Waals surface area contributed by atoms with E-state index in [0.717, 1.165) is 31.6 Å². The number of benzene rings is 2. The first-order valence-corrected chi connectivity index (χ1v) is 9.46. The molecule has 2 aromatic rings. The van der Waals surface area contributed by atoms with Crippen molar-refractivity contribution in [2.24, 2.45) is 0 Å². The summed E-state index contributed by atoms with van der Waals surface area (Å²) in [5, 5.41) is 3.10. The minimum Gasteiger partial charge on any atom is -0.374 e. The lowest BCUT2D eigenvalue weighted by atomic mass is 9.95. The van der Waals surface area contributed by atoms with Gasteiger partial charge in [-0.25, -0.2) is 0 Å². The van der Waals surface area contributed by atoms with Crippen molar-refractivity contribution in [2.45, 2.75) is 31.9 Å². The van der Waals surface area contributed by atoms with Gasteiger partial charge in [-0.15, -0.1) is 0 Å². The highest BCUT2D eigenvalue weighted by atomic mass is 16.5. The molecule has 0 radical (unpaired) electrons. The first kappa shape index (κ1) is 18.6. The van der Waals surface area contributed by atoms with E-state index in [1.807, 2.05) is 36.4 Å². The van der Waals surface area contributed by atoms with E-state index in [1.54, 1.807) is 0 Å². The van der Waals surface area contributed by atoms with E-state index in [0.29, 0.717) is 13.2 Å². The minimum atomic E-state index is -0.0970. The molecule has 138 valence electrons. The van der Waals surface area contributed by atoms with Crippen molar-refractivity contribution in [1.29, 1.82) is 0 Å². The summed E-state index contributed by atoms with van der Waals surface area (Å²) in [6.45, 7) is 6.03. The van der Waals surface area contributed by atoms with E-state index in [-0.39, 0.29) is 17.9 Å². The smallest absolute Gasteiger partial charge is 0.227 e. The van der Waals surface area contributed by atoms with Gasteiger partial charge in [0.2, 0.25) is 5.91 Å². The van der Waals surface area contributed by atoms with Crippen LogP contribution in [0, 0.1) is 0 Å². The average molecular weight is 352 g/mol. The van der Waals surface area contributed by atoms with Gasteiger partial charge in [0.05, 0.1) is 18.6 Å². The maximum absolute atomic E-state index is 12.6. The fraction of sp³-hybridized carbons (Fsp3) is 0.409. The van der Waals surface area contributed by atoms with Crippen LogP contribution in [-0.2, 0) is 16.1 Å². The third kappa shape index (κ3) is 5.16. The first-order valence-electron chi connectivity index (χ1n) is 9.46. The number of carbonyl (C=O) groups excluding carboxylic acids is 1. The lowest BCUT2D eigenvalue weighted by Gasteiger charge is -2.33. The molecule has 1 heterocycles. The number of hydrogen-bond acceptors (Lipinski definition) is 3. The summed E-state index contributed by atoms with van der Waals surface area (Å²) in [5.74, 6) is -0.0114. The predicted molar refractivity (Wildman–Crippen MR) is 104 cm³/mol. The van der Waals surface area contributed by atoms with E-state index in [2.05, 4.69) is 41.4 Å². The van der Waals surface area contributed by atoms with Gasteiger partial charge in [-0.05, 0) is 17.5 Å². The largest absolute Gasteiger partial charge is 0.374 e. The lowest BCUT2D eigenvalue weighted by molar-refractivity contribution is -0.123. The van der Waals surface area contributed by atoms with Crippen LogP contribution in [0.2, 0.25) is 0 Å². The summed E-state index contributed by atoms with van der Waals surface area (Å²) in [6.07, 6.45) is 0.839. The van der Waals surface area contributed by atoms with Gasteiger partial charge in [-0.3, -0.25) is 9.69 Å². The van der Waals surface area contributed by atoms with Crippen LogP contribution in [0.15, 0.2) is 60.7 Å². The topological polar surface area (TPSA) is 41.6 Å². The Bertz CT molecular complexity index is 675. The van der Waals surface area contributed by atoms with Crippen molar-refractivity contribution in [3.63, 3.8) is 0 Å². The average Bonchev–Trinajstić information content (AvgIpc) is 2.69. The number of carbonyl (C=O) groups is 1. The number of nitrogens with zero attached hydrogens (tertiary/aromatic N) is 1. The van der Waals surface area contributed by atoms with Gasteiger partial charge in [0.15, 0.2) is 0 Å². The van der Waals surface area contributed by atoms with Crippen molar-refractivity contribution < 1.29 is 9.53 Å². The summed E-state index contributed by atoms with van der Waals surface area (Å²) in [5.41, 5.74) is 2.38. The lowest BCUT2D eigenvalue weighted by Crippen LogP contribution is -2.47. The summed E-state index contributed by atoms with van der Waals surface area (Å²) in [6, 6.07) is 20.5. The molecule has 4 heteroatoms. The molecule has 1 N–H and O–H groups in total. The van der Waals surface area contributed by atoms with Crippen molar-refractivity contribution >= 4 is 5.91 Å². The monoisotopic (exact) mass is 352 g/mol. The number of hydrogen-bond donors (Lipinski definition) is 1. The third-order valence-corrected chi connectivity index (χ3v) is 4.90. The minimum absolute atomic E-state index is 0.0460. The Morgan fingerprint density at radius 2 is 1.85 bits per heavy atom. The Labute approximate surface area is 156 Å². The molecule has 1 fully saturated rings. The van der Waals surface area contributed by atoms with E-state index in [9.17, 15) is 4.79 Å². The normalized spacial score (nSPS) is 19.0. The van der Waals surface area contributed by atoms with Crippen LogP contribution < -0.4 is 5.32 Å². The molecular weight excluding hydrogens is 324 g/mol. The molecule has 1 aliphatic rings. The third-order valence-electron chi connectivity index (χ3n) is 4.90. The zero-order chi connectivity index (χ0) is 18.2. The molecule has 26 heavy (non-hydrogen) atoms. The zero-order valence-electron chi connectivity index (χ0n) is 15.4. The molecule has 1 aliphatic heterocycles. The zero-order valence-corrected chi connectivity index (χ0v) is 15.4. The first-order chi connectivity index (χ1) is 12.8. The molecule has 0 saturated carbocycles. The molecule has 0 aliphatic carbocycles. The Kier molecular flexibility index (Phi) is 6.81. The summed E-state index contributed by atoms with van der Waals surface area (Å²) < 4.78 is 5.86. The molecule has 0 bridgehead atoms. The van der Waals surface area contributed by atoms with Crippen molar-refractivity contribution in [2.75, 3.05) is 26.2 Å². The fourth-order valence-corrected chi connectivity index (χ4v) is 3.48. The van der Waals surface area contributed by atoms with Crippen LogP contribution in [0.5, 0.6) is 0 Å². The summed E-state index contributed by atoms with van der Waals surface area (Å²) >= 11 is 0. The molecule has 4 nitrogen and oxygen atoms in total. The van der Waals surface area contributed by atoms with Crippen LogP contribution in [0.1, 0.15) is 30.4 Å². The number of ether oxygens (including phenoxy) is 1. The van der Waals surface area contributed by atoms with Gasteiger partial charge in [0.25, 0.3) is 0 Å². The Morgan fingerprint density at radius 3 is 2.54 bits per heavy atom. The molecule has 3 rings (SSSR count). The molecule has 0 aromatic heterocycles. The van der Waals surface area contributed by atoms with Gasteiger partial charge in [0.1, 0.15) is 0 Å². The van der Waals surface area contributed by atoms with E-state index >= 15 is 0 Å². The van der Waals surface area contributed by atoms with Crippen molar-refractivity contribution in [3.8, 4) is 0 Å². The van der Waals surface area contributed by atoms with Gasteiger partial charge >= 0.3 is 0 Å². The predicted octanol–water partition coefficient (Wildman–Crippen LogP) is 3.20. The van der Waals surface area contributed by atoms with E-state index in [4.69, 9.17) is 4.74 Å². The van der Waals surface area contributed by atoms with E-state index in [1.165, 1.54) is 5.56 Å². The van der Waals surface area contributed by atoms with E-state index < -0.39 is 0 Å². The number of morpholine rings is 1. The van der Waals surface area contributed by atoms with Gasteiger partial charge in [0, 0.05) is 26.2 Å². The molecular formula is C22H28N2O2. The molecule has 2 aromatic carbocycles. The van der Waals surface area contributed by atoms with Crippen LogP contribution in [0.3, 0.4) is 0 Å². The molecule has 2 atom stereocenters. The Morgan fingerprint density at radius 1 is 1.15 bits per heavy atom. The Balaban J connectivity index is 1.50. The highest BCUT2D eigenvalue weighted by molar-refractivity contribution is 5.83. The number of amides is 1. The Hall–Kier alpha value is -2.17. The van der Waals surface area contributed by atoms with Gasteiger partial charge in [-0.2, -0.15) is 0 Å². The molecule has 0 spiro atoms. The van der Waals surface area contributed by atoms with Crippen molar-refractivity contribution in [3.05, 3.63) is 71.8 Å². The quantitative estimate of drug-likeness (QED) is 0.832. The standard InChI is InChI=1S/C22H28N2O2/c1-2-21(19-11-7-4-8-12-19)22(25)23-15-20-17-24(13-14-26-20)16-18-9-5-3-6-10-18/h3-12,20-21H,2,13-17H2,1H3,(H,23,25)/t20-,21-/m0/s1. The maximum atomic E-state index is 12.6. The maximum Gasteiger partial charge on any atom is 0.227 e. The van der Waals surface area contributed by atoms with Crippen LogP contribution >= 0.6 is 0 Å². The second kappa shape index (κ2) is 9.51. The second-order valence-corrected chi connectivity index (χ2v) is 6.83. The van der Waals surface area contributed by atoms with Crippen LogP contribution in [0.4, 0.5) is 0 Å². The SMILES string of the molecule is CC[C@H](C(=O)NC[C@H]1CN(Cc2ccccc2)CCO1)c1ccccc1. The van der Waals surface area contributed by atoms with Crippen molar-refractivity contribution in [1.82, 2.24) is 10.2 Å². The number of rotatable bonds is 7. The molecule has 1 amide bonds. The molecule has 1 saturated heterocycles. The highest BCUT2D eigenvalue weighted by Crippen LogP contribution is 2.19. The van der Waals surface area contributed by atoms with Gasteiger partial charge in [-0.1, -0.05) is 67.6 Å². The van der Waals surface area contributed by atoms with Gasteiger partial charge < -0.3 is 10.1 Å². The second-order valence-electron chi connectivity index (χ2n) is 6.83. The van der Waals surface area contributed by atoms with Crippen LogP contribution in [-0.4, -0.2) is 43.2 Å². The highest BCUT2D eigenvalue weighted by Gasteiger charge is 2.23. The number of nitrogens with one attached hydrogen (secondary N) is 1. The molecule has 0 unspecified atom stereocenters. The summed E-state index contributed by atoms with van der Waals surface area (Å²) in [4.78, 5) is 15.0. The fourth-order valence-electron chi connectivity index (χ4n) is 3.48. The van der Waals surface area contributed by atoms with Crippen LogP contribution in [0.25, 0.3) is 0 Å². The summed E-state index contributed by atoms with van der Waals surface area (Å²) in [7, 11) is 0.